The van der Waals surface area contributed by atoms with E-state index in [-0.39, 0.29) is 0 Å². The van der Waals surface area contributed by atoms with Crippen LogP contribution in [0.1, 0.15) is 24.0 Å². The second-order valence-corrected chi connectivity index (χ2v) is 5.26. The molecule has 0 amide bonds. The van der Waals surface area contributed by atoms with E-state index in [0.29, 0.717) is 5.92 Å². The molecule has 21 heavy (non-hydrogen) atoms. The van der Waals surface area contributed by atoms with Gasteiger partial charge in [-0.1, -0.05) is 73.1 Å². The molecule has 1 unspecified atom stereocenters. The average molecular weight is 299 g/mol. The summed E-state index contributed by atoms with van der Waals surface area (Å²) < 4.78 is 5.43. The zero-order valence-electron chi connectivity index (χ0n) is 12.3. The maximum atomic E-state index is 5.90. The highest BCUT2D eigenvalue weighted by Crippen LogP contribution is 2.20. The van der Waals surface area contributed by atoms with Gasteiger partial charge in [-0.05, 0) is 29.7 Å². The molecule has 0 fully saturated rings. The van der Waals surface area contributed by atoms with Gasteiger partial charge in [-0.3, -0.25) is 0 Å². The second-order valence-electron chi connectivity index (χ2n) is 4.83. The first-order chi connectivity index (χ1) is 10.2. The molecule has 0 N–H and O–H groups in total. The quantitative estimate of drug-likeness (QED) is 0.509. The molecule has 1 nitrogen and oxygen atoms in total. The van der Waals surface area contributed by atoms with Gasteiger partial charge in [0, 0.05) is 10.6 Å². The summed E-state index contributed by atoms with van der Waals surface area (Å²) in [7, 11) is 1.69. The summed E-state index contributed by atoms with van der Waals surface area (Å²) in [6.07, 6.45) is 6.16. The van der Waals surface area contributed by atoms with Gasteiger partial charge >= 0.3 is 0 Å². The molecule has 0 aliphatic rings. The van der Waals surface area contributed by atoms with Crippen molar-refractivity contribution in [2.45, 2.75) is 12.8 Å². The topological polar surface area (TPSA) is 9.23 Å². The molecule has 108 valence electrons. The Balaban J connectivity index is 2.09. The molecule has 2 rings (SSSR count). The number of allylic oxidation sites excluding steroid dienone is 3. The van der Waals surface area contributed by atoms with E-state index in [1.807, 2.05) is 54.6 Å². The Morgan fingerprint density at radius 3 is 2.33 bits per heavy atom. The van der Waals surface area contributed by atoms with Gasteiger partial charge in [-0.2, -0.15) is 0 Å². The van der Waals surface area contributed by atoms with E-state index in [1.165, 1.54) is 5.56 Å². The number of ether oxygens (including phenoxy) is 1. The Hall–Kier alpha value is -1.99. The average Bonchev–Trinajstić information content (AvgIpc) is 2.53. The van der Waals surface area contributed by atoms with Gasteiger partial charge in [0.05, 0.1) is 7.11 Å². The van der Waals surface area contributed by atoms with Gasteiger partial charge in [0.25, 0.3) is 0 Å². The third kappa shape index (κ3) is 4.51. The van der Waals surface area contributed by atoms with Crippen LogP contribution in [0.2, 0.25) is 5.02 Å². The van der Waals surface area contributed by atoms with Crippen molar-refractivity contribution in [2.24, 2.45) is 0 Å². The molecule has 0 aliphatic carbocycles. The van der Waals surface area contributed by atoms with E-state index >= 15 is 0 Å². The van der Waals surface area contributed by atoms with Gasteiger partial charge in [0.15, 0.2) is 0 Å². The molecule has 0 bridgehead atoms. The van der Waals surface area contributed by atoms with Crippen LogP contribution < -0.4 is 0 Å². The van der Waals surface area contributed by atoms with Crippen molar-refractivity contribution >= 4 is 17.4 Å². The Bertz CT molecular complexity index is 612. The zero-order chi connectivity index (χ0) is 15.1. The number of halogens is 1. The maximum Gasteiger partial charge on any atom is 0.126 e. The molecule has 0 spiro atoms. The number of hydrogen-bond donors (Lipinski definition) is 0. The summed E-state index contributed by atoms with van der Waals surface area (Å²) in [5.41, 5.74) is 2.31. The first kappa shape index (κ1) is 15.4. The van der Waals surface area contributed by atoms with Crippen LogP contribution >= 0.6 is 11.6 Å². The molecular weight excluding hydrogens is 280 g/mol. The summed E-state index contributed by atoms with van der Waals surface area (Å²) in [5.74, 6) is 1.18. The van der Waals surface area contributed by atoms with Crippen molar-refractivity contribution in [2.75, 3.05) is 7.11 Å². The Morgan fingerprint density at radius 1 is 1.05 bits per heavy atom. The van der Waals surface area contributed by atoms with Crippen molar-refractivity contribution < 1.29 is 4.74 Å². The number of benzene rings is 2. The predicted octanol–water partition coefficient (Wildman–Crippen LogP) is 5.69. The van der Waals surface area contributed by atoms with Crippen LogP contribution in [0.4, 0.5) is 0 Å². The summed E-state index contributed by atoms with van der Waals surface area (Å²) in [6.45, 7) is 2.16. The largest absolute Gasteiger partial charge is 0.496 e. The second kappa shape index (κ2) is 7.70. The van der Waals surface area contributed by atoms with Gasteiger partial charge in [-0.15, -0.1) is 0 Å². The zero-order valence-corrected chi connectivity index (χ0v) is 13.0. The lowest BCUT2D eigenvalue weighted by atomic mass is 10.0. The normalized spacial score (nSPS) is 13.4. The summed E-state index contributed by atoms with van der Waals surface area (Å²) >= 11 is 5.90. The minimum atomic E-state index is 0.326. The van der Waals surface area contributed by atoms with Crippen LogP contribution in [0.3, 0.4) is 0 Å². The van der Waals surface area contributed by atoms with Crippen LogP contribution in [0, 0.1) is 0 Å². The van der Waals surface area contributed by atoms with Gasteiger partial charge in [0.2, 0.25) is 0 Å². The highest BCUT2D eigenvalue weighted by Gasteiger charge is 2.01. The lowest BCUT2D eigenvalue weighted by Gasteiger charge is -2.07. The van der Waals surface area contributed by atoms with Crippen LogP contribution in [-0.2, 0) is 4.74 Å². The van der Waals surface area contributed by atoms with E-state index in [4.69, 9.17) is 16.3 Å². The standard InChI is InChI=1S/C19H19ClO/c1-15(16-11-13-18(20)14-12-16)7-6-10-19(21-2)17-8-4-3-5-9-17/h3-15H,1-2H3/b7-6+,19-10-. The SMILES string of the molecule is CO/C(=C\C=C\C(C)c1ccc(Cl)cc1)c1ccccc1. The predicted molar refractivity (Wildman–Crippen MR) is 90.4 cm³/mol. The minimum absolute atomic E-state index is 0.326. The van der Waals surface area contributed by atoms with Crippen molar-refractivity contribution in [1.82, 2.24) is 0 Å². The number of methoxy groups -OCH3 is 1. The van der Waals surface area contributed by atoms with Crippen LogP contribution in [0.5, 0.6) is 0 Å². The first-order valence-corrected chi connectivity index (χ1v) is 7.32. The lowest BCUT2D eigenvalue weighted by molar-refractivity contribution is 0.370. The molecule has 0 saturated carbocycles. The Morgan fingerprint density at radius 2 is 1.71 bits per heavy atom. The Labute approximate surface area is 131 Å². The Kier molecular flexibility index (Phi) is 5.65. The molecule has 0 heterocycles. The summed E-state index contributed by atoms with van der Waals surface area (Å²) in [4.78, 5) is 0. The monoisotopic (exact) mass is 298 g/mol. The number of hydrogen-bond acceptors (Lipinski definition) is 1. The van der Waals surface area contributed by atoms with Gasteiger partial charge in [-0.25, -0.2) is 0 Å². The van der Waals surface area contributed by atoms with Crippen molar-refractivity contribution in [3.63, 3.8) is 0 Å². The van der Waals surface area contributed by atoms with E-state index < -0.39 is 0 Å². The van der Waals surface area contributed by atoms with E-state index in [1.54, 1.807) is 7.11 Å². The third-order valence-corrected chi connectivity index (χ3v) is 3.57. The van der Waals surface area contributed by atoms with Crippen molar-refractivity contribution in [1.29, 1.82) is 0 Å². The molecular formula is C19H19ClO. The molecule has 0 saturated heterocycles. The molecule has 2 aromatic carbocycles. The van der Waals surface area contributed by atoms with Gasteiger partial charge in [0.1, 0.15) is 5.76 Å². The first-order valence-electron chi connectivity index (χ1n) is 6.94. The van der Waals surface area contributed by atoms with E-state index in [2.05, 4.69) is 25.1 Å². The maximum absolute atomic E-state index is 5.90. The fraction of sp³-hybridized carbons (Fsp3) is 0.158. The van der Waals surface area contributed by atoms with E-state index in [0.717, 1.165) is 16.3 Å². The highest BCUT2D eigenvalue weighted by atomic mass is 35.5. The molecule has 0 aliphatic heterocycles. The lowest BCUT2D eigenvalue weighted by Crippen LogP contribution is -1.89. The van der Waals surface area contributed by atoms with Crippen LogP contribution in [0.25, 0.3) is 5.76 Å². The summed E-state index contributed by atoms with van der Waals surface area (Å²) in [6, 6.07) is 18.0. The van der Waals surface area contributed by atoms with Crippen LogP contribution in [-0.4, -0.2) is 7.11 Å². The smallest absolute Gasteiger partial charge is 0.126 e. The molecule has 1 atom stereocenters. The number of rotatable bonds is 5. The van der Waals surface area contributed by atoms with E-state index in [9.17, 15) is 0 Å². The van der Waals surface area contributed by atoms with Crippen LogP contribution in [0.15, 0.2) is 72.8 Å². The van der Waals surface area contributed by atoms with Gasteiger partial charge < -0.3 is 4.74 Å². The highest BCUT2D eigenvalue weighted by molar-refractivity contribution is 6.30. The molecule has 2 aromatic rings. The minimum Gasteiger partial charge on any atom is -0.496 e. The molecule has 0 aromatic heterocycles. The fourth-order valence-electron chi connectivity index (χ4n) is 2.07. The summed E-state index contributed by atoms with van der Waals surface area (Å²) in [5, 5.41) is 0.764. The molecule has 0 radical (unpaired) electrons. The molecule has 2 heteroatoms. The van der Waals surface area contributed by atoms with Crippen molar-refractivity contribution in [3.8, 4) is 0 Å². The van der Waals surface area contributed by atoms with Crippen molar-refractivity contribution in [3.05, 3.63) is 89.0 Å². The fourth-order valence-corrected chi connectivity index (χ4v) is 2.20. The third-order valence-electron chi connectivity index (χ3n) is 3.32.